The van der Waals surface area contributed by atoms with Crippen LogP contribution in [0, 0.1) is 0 Å². The molecule has 0 saturated carbocycles. The Balaban J connectivity index is 1.88. The van der Waals surface area contributed by atoms with Gasteiger partial charge in [0.2, 0.25) is 11.1 Å². The minimum atomic E-state index is -0.274. The minimum Gasteiger partial charge on any atom is -0.341 e. The minimum absolute atomic E-state index is 0.231. The lowest BCUT2D eigenvalue weighted by molar-refractivity contribution is 0.102. The Morgan fingerprint density at radius 2 is 2.04 bits per heavy atom. The fourth-order valence-electron chi connectivity index (χ4n) is 2.49. The van der Waals surface area contributed by atoms with Crippen LogP contribution in [-0.2, 0) is 0 Å². The monoisotopic (exact) mass is 332 g/mol. The number of carbonyl (C=O) groups excluding carboxylic acids is 1. The van der Waals surface area contributed by atoms with Crippen molar-refractivity contribution >= 4 is 28.3 Å². The van der Waals surface area contributed by atoms with E-state index in [4.69, 9.17) is 0 Å². The van der Waals surface area contributed by atoms with E-state index in [2.05, 4.69) is 44.2 Å². The molecule has 0 aliphatic carbocycles. The lowest BCUT2D eigenvalue weighted by Gasteiger charge is -2.27. The molecule has 0 aromatic carbocycles. The molecule has 1 saturated heterocycles. The van der Waals surface area contributed by atoms with Crippen molar-refractivity contribution in [1.29, 1.82) is 0 Å². The fourth-order valence-corrected chi connectivity index (χ4v) is 2.93. The highest BCUT2D eigenvalue weighted by Crippen LogP contribution is 2.21. The number of hydrogen-bond donors (Lipinski definition) is 1. The number of nitrogens with zero attached hydrogens (tertiary/aromatic N) is 5. The highest BCUT2D eigenvalue weighted by Gasteiger charge is 2.19. The van der Waals surface area contributed by atoms with Crippen LogP contribution >= 0.6 is 11.3 Å². The summed E-state index contributed by atoms with van der Waals surface area (Å²) in [5, 5.41) is 10.8. The fraction of sp³-hybridized carbons (Fsp3) is 0.533. The van der Waals surface area contributed by atoms with Gasteiger partial charge in [-0.1, -0.05) is 25.2 Å². The van der Waals surface area contributed by atoms with Gasteiger partial charge in [-0.3, -0.25) is 10.1 Å². The van der Waals surface area contributed by atoms with Crippen LogP contribution in [0.25, 0.3) is 0 Å². The average Bonchev–Trinajstić information content (AvgIpc) is 3.08. The van der Waals surface area contributed by atoms with E-state index < -0.39 is 0 Å². The average molecular weight is 332 g/mol. The molecule has 2 aromatic rings. The van der Waals surface area contributed by atoms with Crippen molar-refractivity contribution < 1.29 is 4.79 Å². The van der Waals surface area contributed by atoms with E-state index >= 15 is 0 Å². The Labute approximate surface area is 139 Å². The number of carbonyl (C=O) groups is 1. The molecule has 1 fully saturated rings. The van der Waals surface area contributed by atoms with Crippen LogP contribution in [0.4, 0.5) is 11.1 Å². The largest absolute Gasteiger partial charge is 0.341 e. The summed E-state index contributed by atoms with van der Waals surface area (Å²) in [6.45, 7) is 6.02. The van der Waals surface area contributed by atoms with Gasteiger partial charge in [-0.25, -0.2) is 9.97 Å². The summed E-state index contributed by atoms with van der Waals surface area (Å²) >= 11 is 1.28. The maximum atomic E-state index is 12.4. The van der Waals surface area contributed by atoms with E-state index in [1.54, 1.807) is 11.6 Å². The third-order valence-electron chi connectivity index (χ3n) is 3.78. The van der Waals surface area contributed by atoms with Gasteiger partial charge in [0, 0.05) is 18.8 Å². The summed E-state index contributed by atoms with van der Waals surface area (Å²) in [7, 11) is 0. The topological polar surface area (TPSA) is 83.9 Å². The predicted molar refractivity (Wildman–Crippen MR) is 90.0 cm³/mol. The Morgan fingerprint density at radius 3 is 2.70 bits per heavy atom. The van der Waals surface area contributed by atoms with E-state index in [9.17, 15) is 4.79 Å². The Bertz CT molecular complexity index is 667. The smallest absolute Gasteiger partial charge is 0.276 e. The van der Waals surface area contributed by atoms with Crippen LogP contribution < -0.4 is 10.2 Å². The maximum absolute atomic E-state index is 12.4. The maximum Gasteiger partial charge on any atom is 0.276 e. The summed E-state index contributed by atoms with van der Waals surface area (Å²) in [4.78, 5) is 23.7. The van der Waals surface area contributed by atoms with Crippen molar-refractivity contribution in [3.8, 4) is 0 Å². The van der Waals surface area contributed by atoms with E-state index in [0.717, 1.165) is 31.6 Å². The van der Waals surface area contributed by atoms with Crippen molar-refractivity contribution in [2.24, 2.45) is 0 Å². The number of anilines is 2. The van der Waals surface area contributed by atoms with Crippen LogP contribution in [0.3, 0.4) is 0 Å². The van der Waals surface area contributed by atoms with E-state index in [1.807, 2.05) is 0 Å². The number of rotatable bonds is 4. The molecule has 1 aliphatic rings. The molecular weight excluding hydrogens is 312 g/mol. The van der Waals surface area contributed by atoms with Crippen molar-refractivity contribution in [3.05, 3.63) is 23.0 Å². The summed E-state index contributed by atoms with van der Waals surface area (Å²) in [6, 6.07) is 1.76. The first-order valence-corrected chi connectivity index (χ1v) is 8.73. The standard InChI is InChI=1S/C15H20N6OS/c1-10(2)11-8-12(13(22)19-15-20-16-9-23-15)18-14(17-11)21-6-4-3-5-7-21/h8-10H,3-7H2,1-2H3,(H,19,20,22). The SMILES string of the molecule is CC(C)c1cc(C(=O)Nc2nncs2)nc(N2CCCCC2)n1. The molecule has 3 heterocycles. The zero-order valence-corrected chi connectivity index (χ0v) is 14.1. The molecule has 1 N–H and O–H groups in total. The molecule has 0 atom stereocenters. The van der Waals surface area contributed by atoms with E-state index in [-0.39, 0.29) is 11.8 Å². The second-order valence-electron chi connectivity index (χ2n) is 5.88. The van der Waals surface area contributed by atoms with Crippen molar-refractivity contribution in [1.82, 2.24) is 20.2 Å². The first kappa shape index (κ1) is 15.8. The Morgan fingerprint density at radius 1 is 1.26 bits per heavy atom. The molecule has 2 aromatic heterocycles. The number of nitrogens with one attached hydrogen (secondary N) is 1. The van der Waals surface area contributed by atoms with E-state index in [0.29, 0.717) is 16.8 Å². The first-order valence-electron chi connectivity index (χ1n) is 7.85. The van der Waals surface area contributed by atoms with Crippen molar-refractivity contribution in [2.75, 3.05) is 23.3 Å². The van der Waals surface area contributed by atoms with E-state index in [1.165, 1.54) is 17.8 Å². The Hall–Kier alpha value is -2.09. The van der Waals surface area contributed by atoms with Crippen LogP contribution in [0.1, 0.15) is 55.2 Å². The van der Waals surface area contributed by atoms with Gasteiger partial charge in [0.1, 0.15) is 11.2 Å². The van der Waals surface area contributed by atoms with Gasteiger partial charge in [-0.2, -0.15) is 0 Å². The second kappa shape index (κ2) is 6.99. The third kappa shape index (κ3) is 3.82. The second-order valence-corrected chi connectivity index (χ2v) is 6.71. The highest BCUT2D eigenvalue weighted by molar-refractivity contribution is 7.13. The van der Waals surface area contributed by atoms with Gasteiger partial charge in [-0.05, 0) is 31.2 Å². The third-order valence-corrected chi connectivity index (χ3v) is 4.38. The summed E-state index contributed by atoms with van der Waals surface area (Å²) in [5.74, 6) is 0.609. The van der Waals surface area contributed by atoms with Crippen molar-refractivity contribution in [2.45, 2.75) is 39.0 Å². The molecule has 3 rings (SSSR count). The molecule has 0 radical (unpaired) electrons. The molecule has 0 bridgehead atoms. The van der Waals surface area contributed by atoms with Gasteiger partial charge < -0.3 is 4.90 Å². The lowest BCUT2D eigenvalue weighted by Crippen LogP contribution is -2.32. The molecular formula is C15H20N6OS. The summed E-state index contributed by atoms with van der Waals surface area (Å²) in [6.07, 6.45) is 3.52. The molecule has 8 heteroatoms. The summed E-state index contributed by atoms with van der Waals surface area (Å²) in [5.41, 5.74) is 2.83. The normalized spacial score (nSPS) is 15.0. The highest BCUT2D eigenvalue weighted by atomic mass is 32.1. The number of hydrogen-bond acceptors (Lipinski definition) is 7. The summed E-state index contributed by atoms with van der Waals surface area (Å²) < 4.78 is 0. The van der Waals surface area contributed by atoms with Gasteiger partial charge in [0.15, 0.2) is 0 Å². The first-order chi connectivity index (χ1) is 11.1. The van der Waals surface area contributed by atoms with Gasteiger partial charge in [0.25, 0.3) is 5.91 Å². The molecule has 23 heavy (non-hydrogen) atoms. The van der Waals surface area contributed by atoms with Gasteiger partial charge >= 0.3 is 0 Å². The van der Waals surface area contributed by atoms with Crippen molar-refractivity contribution in [3.63, 3.8) is 0 Å². The molecule has 122 valence electrons. The van der Waals surface area contributed by atoms with Gasteiger partial charge in [0.05, 0.1) is 0 Å². The van der Waals surface area contributed by atoms with Crippen LogP contribution in [0.5, 0.6) is 0 Å². The number of aromatic nitrogens is 4. The quantitative estimate of drug-likeness (QED) is 0.927. The molecule has 0 spiro atoms. The van der Waals surface area contributed by atoms with Crippen LogP contribution in [0.2, 0.25) is 0 Å². The molecule has 0 unspecified atom stereocenters. The predicted octanol–water partition coefficient (Wildman–Crippen LogP) is 2.69. The van der Waals surface area contributed by atoms with Gasteiger partial charge in [-0.15, -0.1) is 10.2 Å². The molecule has 1 aliphatic heterocycles. The van der Waals surface area contributed by atoms with Crippen LogP contribution in [-0.4, -0.2) is 39.2 Å². The molecule has 7 nitrogen and oxygen atoms in total. The number of amides is 1. The lowest BCUT2D eigenvalue weighted by atomic mass is 10.1. The Kier molecular flexibility index (Phi) is 4.80. The van der Waals surface area contributed by atoms with Crippen LogP contribution in [0.15, 0.2) is 11.6 Å². The molecule has 1 amide bonds. The zero-order valence-electron chi connectivity index (χ0n) is 13.3. The zero-order chi connectivity index (χ0) is 16.2. The number of piperidine rings is 1.